The number of nitrogens with zero attached hydrogens (tertiary/aromatic N) is 4. The summed E-state index contributed by atoms with van der Waals surface area (Å²) < 4.78 is 16.6. The van der Waals surface area contributed by atoms with E-state index in [2.05, 4.69) is 20.8 Å². The zero-order chi connectivity index (χ0) is 24.4. The van der Waals surface area contributed by atoms with E-state index < -0.39 is 0 Å². The number of aryl methyl sites for hydroxylation is 2. The number of aromatic nitrogens is 4. The summed E-state index contributed by atoms with van der Waals surface area (Å²) in [4.78, 5) is 25.4. The second kappa shape index (κ2) is 9.97. The van der Waals surface area contributed by atoms with Crippen LogP contribution in [-0.2, 0) is 19.5 Å². The smallest absolute Gasteiger partial charge is 0.256 e. The number of benzene rings is 1. The maximum Gasteiger partial charge on any atom is 0.256 e. The molecule has 1 aliphatic rings. The predicted molar refractivity (Wildman–Crippen MR) is 126 cm³/mol. The summed E-state index contributed by atoms with van der Waals surface area (Å²) in [5.41, 5.74) is 3.17. The molecule has 10 heteroatoms. The highest BCUT2D eigenvalue weighted by atomic mass is 35.5. The van der Waals surface area contributed by atoms with E-state index in [1.165, 1.54) is 16.8 Å². The molecule has 180 valence electrons. The summed E-state index contributed by atoms with van der Waals surface area (Å²) in [5, 5.41) is 14.9. The highest BCUT2D eigenvalue weighted by Gasteiger charge is 2.27. The van der Waals surface area contributed by atoms with Crippen LogP contribution in [0.1, 0.15) is 57.9 Å². The monoisotopic (exact) mass is 486 g/mol. The molecule has 8 nitrogen and oxygen atoms in total. The Bertz CT molecular complexity index is 1200. The molecular formula is C24H28ClFN6O2. The topological polar surface area (TPSA) is 93.8 Å². The van der Waals surface area contributed by atoms with Crippen molar-refractivity contribution in [3.05, 3.63) is 69.5 Å². The van der Waals surface area contributed by atoms with E-state index in [0.717, 1.165) is 17.7 Å². The van der Waals surface area contributed by atoms with Crippen LogP contribution in [0.4, 0.5) is 4.39 Å². The van der Waals surface area contributed by atoms with Crippen molar-refractivity contribution in [2.24, 2.45) is 5.92 Å². The standard InChI is InChI=1S/C24H28ClFN6O2/c1-14(2)29-23(33)19-12-28-31-9-8-17(10-20(19)31)11-27-24(34)21-15(3)30-32(22(21)25)13-16-4-6-18(26)7-5-16/h4-7,12,14,17H,8-11,13H2,1-3H3,(H,27,34)(H,29,33). The third kappa shape index (κ3) is 5.14. The van der Waals surface area contributed by atoms with Crippen molar-refractivity contribution < 1.29 is 14.0 Å². The van der Waals surface area contributed by atoms with Gasteiger partial charge in [0, 0.05) is 19.1 Å². The van der Waals surface area contributed by atoms with Gasteiger partial charge in [0.1, 0.15) is 11.0 Å². The van der Waals surface area contributed by atoms with Gasteiger partial charge in [-0.2, -0.15) is 10.2 Å². The number of fused-ring (bicyclic) bond motifs is 1. The van der Waals surface area contributed by atoms with Crippen molar-refractivity contribution in [2.45, 2.75) is 52.7 Å². The molecule has 2 aromatic heterocycles. The predicted octanol–water partition coefficient (Wildman–Crippen LogP) is 3.36. The van der Waals surface area contributed by atoms with E-state index >= 15 is 0 Å². The number of amides is 2. The summed E-state index contributed by atoms with van der Waals surface area (Å²) in [6.07, 6.45) is 3.11. The van der Waals surface area contributed by atoms with Gasteiger partial charge in [-0.05, 0) is 57.2 Å². The van der Waals surface area contributed by atoms with E-state index in [1.807, 2.05) is 18.5 Å². The van der Waals surface area contributed by atoms with Crippen LogP contribution in [0, 0.1) is 18.7 Å². The number of nitrogens with one attached hydrogen (secondary N) is 2. The molecular weight excluding hydrogens is 459 g/mol. The van der Waals surface area contributed by atoms with Gasteiger partial charge in [-0.3, -0.25) is 14.3 Å². The van der Waals surface area contributed by atoms with E-state index in [1.54, 1.807) is 25.3 Å². The molecule has 1 aliphatic heterocycles. The van der Waals surface area contributed by atoms with Crippen LogP contribution in [0.15, 0.2) is 30.5 Å². The quantitative estimate of drug-likeness (QED) is 0.535. The summed E-state index contributed by atoms with van der Waals surface area (Å²) in [7, 11) is 0. The Kier molecular flexibility index (Phi) is 7.02. The van der Waals surface area contributed by atoms with Gasteiger partial charge in [0.15, 0.2) is 0 Å². The van der Waals surface area contributed by atoms with Gasteiger partial charge in [0.2, 0.25) is 0 Å². The molecule has 1 aromatic carbocycles. The molecule has 34 heavy (non-hydrogen) atoms. The summed E-state index contributed by atoms with van der Waals surface area (Å²) in [6.45, 7) is 7.05. The molecule has 3 heterocycles. The summed E-state index contributed by atoms with van der Waals surface area (Å²) >= 11 is 6.49. The van der Waals surface area contributed by atoms with Crippen LogP contribution in [0.5, 0.6) is 0 Å². The van der Waals surface area contributed by atoms with Crippen molar-refractivity contribution >= 4 is 23.4 Å². The van der Waals surface area contributed by atoms with Crippen LogP contribution >= 0.6 is 11.6 Å². The minimum atomic E-state index is -0.315. The molecule has 0 saturated carbocycles. The van der Waals surface area contributed by atoms with Gasteiger partial charge >= 0.3 is 0 Å². The van der Waals surface area contributed by atoms with E-state index in [9.17, 15) is 14.0 Å². The van der Waals surface area contributed by atoms with Gasteiger partial charge in [0.25, 0.3) is 11.8 Å². The van der Waals surface area contributed by atoms with Gasteiger partial charge in [-0.15, -0.1) is 0 Å². The normalized spacial score (nSPS) is 15.3. The molecule has 4 rings (SSSR count). The fraction of sp³-hybridized carbons (Fsp3) is 0.417. The van der Waals surface area contributed by atoms with E-state index in [4.69, 9.17) is 11.6 Å². The lowest BCUT2D eigenvalue weighted by Gasteiger charge is -2.24. The Morgan fingerprint density at radius 2 is 1.97 bits per heavy atom. The minimum Gasteiger partial charge on any atom is -0.352 e. The van der Waals surface area contributed by atoms with Crippen LogP contribution < -0.4 is 10.6 Å². The lowest BCUT2D eigenvalue weighted by molar-refractivity contribution is 0.0929. The van der Waals surface area contributed by atoms with Crippen molar-refractivity contribution in [3.63, 3.8) is 0 Å². The van der Waals surface area contributed by atoms with Crippen LogP contribution in [0.2, 0.25) is 5.15 Å². The largest absolute Gasteiger partial charge is 0.352 e. The zero-order valence-corrected chi connectivity index (χ0v) is 20.2. The molecule has 2 N–H and O–H groups in total. The maximum absolute atomic E-state index is 13.2. The third-order valence-corrected chi connectivity index (χ3v) is 6.32. The third-order valence-electron chi connectivity index (χ3n) is 5.93. The highest BCUT2D eigenvalue weighted by Crippen LogP contribution is 2.24. The number of hydrogen-bond acceptors (Lipinski definition) is 4. The second-order valence-electron chi connectivity index (χ2n) is 8.96. The number of hydrogen-bond donors (Lipinski definition) is 2. The lowest BCUT2D eigenvalue weighted by atomic mass is 9.94. The Hall–Kier alpha value is -3.20. The first-order valence-electron chi connectivity index (χ1n) is 11.3. The fourth-order valence-electron chi connectivity index (χ4n) is 4.21. The van der Waals surface area contributed by atoms with Gasteiger partial charge < -0.3 is 10.6 Å². The number of halogens is 2. The summed E-state index contributed by atoms with van der Waals surface area (Å²) in [5.74, 6) is -0.557. The van der Waals surface area contributed by atoms with Gasteiger partial charge in [0.05, 0.1) is 35.3 Å². The zero-order valence-electron chi connectivity index (χ0n) is 19.4. The minimum absolute atomic E-state index is 0.0405. The Balaban J connectivity index is 1.40. The molecule has 3 aromatic rings. The summed E-state index contributed by atoms with van der Waals surface area (Å²) in [6, 6.07) is 6.11. The number of rotatable bonds is 7. The van der Waals surface area contributed by atoms with Crippen molar-refractivity contribution in [1.29, 1.82) is 0 Å². The van der Waals surface area contributed by atoms with Crippen molar-refractivity contribution in [1.82, 2.24) is 30.2 Å². The molecule has 0 fully saturated rings. The van der Waals surface area contributed by atoms with E-state index in [0.29, 0.717) is 42.9 Å². The van der Waals surface area contributed by atoms with Gasteiger partial charge in [-0.1, -0.05) is 23.7 Å². The first-order chi connectivity index (χ1) is 16.2. The number of carbonyl (C=O) groups is 2. The van der Waals surface area contributed by atoms with Gasteiger partial charge in [-0.25, -0.2) is 9.07 Å². The van der Waals surface area contributed by atoms with Crippen LogP contribution in [0.3, 0.4) is 0 Å². The number of carbonyl (C=O) groups excluding carboxylic acids is 2. The first kappa shape index (κ1) is 23.9. The molecule has 0 radical (unpaired) electrons. The average molecular weight is 487 g/mol. The fourth-order valence-corrected chi connectivity index (χ4v) is 4.53. The lowest BCUT2D eigenvalue weighted by Crippen LogP contribution is -2.35. The Labute approximate surface area is 202 Å². The molecule has 0 bridgehead atoms. The molecule has 0 saturated heterocycles. The van der Waals surface area contributed by atoms with Crippen molar-refractivity contribution in [2.75, 3.05) is 6.54 Å². The molecule has 0 spiro atoms. The molecule has 2 amide bonds. The highest BCUT2D eigenvalue weighted by molar-refractivity contribution is 6.33. The Morgan fingerprint density at radius 3 is 2.68 bits per heavy atom. The van der Waals surface area contributed by atoms with Crippen LogP contribution in [0.25, 0.3) is 0 Å². The molecule has 1 atom stereocenters. The van der Waals surface area contributed by atoms with E-state index in [-0.39, 0.29) is 34.7 Å². The SMILES string of the molecule is Cc1nn(Cc2ccc(F)cc2)c(Cl)c1C(=O)NCC1CCn2ncc(C(=O)NC(C)C)c2C1. The van der Waals surface area contributed by atoms with Crippen LogP contribution in [-0.4, -0.2) is 44.0 Å². The Morgan fingerprint density at radius 1 is 1.24 bits per heavy atom. The average Bonchev–Trinajstić information content (AvgIpc) is 3.33. The maximum atomic E-state index is 13.2. The second-order valence-corrected chi connectivity index (χ2v) is 9.32. The molecule has 0 aliphatic carbocycles. The first-order valence-corrected chi connectivity index (χ1v) is 11.7. The molecule has 1 unspecified atom stereocenters. The van der Waals surface area contributed by atoms with Crippen molar-refractivity contribution in [3.8, 4) is 0 Å².